The first-order valence-corrected chi connectivity index (χ1v) is 9.50. The van der Waals surface area contributed by atoms with Gasteiger partial charge in [-0.05, 0) is 42.5 Å². The Morgan fingerprint density at radius 2 is 1.84 bits per heavy atom. The fourth-order valence-electron chi connectivity index (χ4n) is 3.28. The SMILES string of the molecule is NC1=NC2=NC=C(CCc3ccc(C(=O)N[C@@H](CCC(=O)O)C(=O)O)cc3)C2C(=O)N1.[Na]. The second-order valence-corrected chi connectivity index (χ2v) is 7.10. The molecule has 11 nitrogen and oxygen atoms in total. The van der Waals surface area contributed by atoms with E-state index >= 15 is 0 Å². The van der Waals surface area contributed by atoms with Gasteiger partial charge in [-0.15, -0.1) is 0 Å². The summed E-state index contributed by atoms with van der Waals surface area (Å²) in [6, 6.07) is 5.30. The molecule has 0 aliphatic carbocycles. The molecular formula is C20H21N5NaO6. The van der Waals surface area contributed by atoms with Crippen LogP contribution in [0.1, 0.15) is 35.2 Å². The Balaban J connectivity index is 0.00000363. The number of nitrogens with zero attached hydrogens (tertiary/aromatic N) is 2. The molecule has 0 fully saturated rings. The molecule has 2 amide bonds. The first kappa shape index (κ1) is 25.2. The second-order valence-electron chi connectivity index (χ2n) is 7.10. The number of carboxylic acids is 2. The first-order valence-electron chi connectivity index (χ1n) is 9.50. The summed E-state index contributed by atoms with van der Waals surface area (Å²) in [5.74, 6) is -3.45. The van der Waals surface area contributed by atoms with E-state index in [-0.39, 0.29) is 59.8 Å². The van der Waals surface area contributed by atoms with Crippen molar-refractivity contribution in [1.82, 2.24) is 10.6 Å². The van der Waals surface area contributed by atoms with Gasteiger partial charge in [-0.3, -0.25) is 19.7 Å². The van der Waals surface area contributed by atoms with Crippen LogP contribution in [0.2, 0.25) is 0 Å². The predicted octanol–water partition coefficient (Wildman–Crippen LogP) is -0.357. The van der Waals surface area contributed by atoms with Crippen LogP contribution in [0.25, 0.3) is 0 Å². The van der Waals surface area contributed by atoms with Crippen LogP contribution in [-0.4, -0.2) is 81.4 Å². The maximum atomic E-state index is 12.3. The van der Waals surface area contributed by atoms with Crippen LogP contribution in [0, 0.1) is 5.92 Å². The molecule has 163 valence electrons. The molecule has 2 atom stereocenters. The fraction of sp³-hybridized carbons (Fsp3) is 0.300. The van der Waals surface area contributed by atoms with E-state index in [2.05, 4.69) is 20.6 Å². The van der Waals surface area contributed by atoms with Gasteiger partial charge in [0, 0.05) is 47.7 Å². The van der Waals surface area contributed by atoms with Crippen LogP contribution in [-0.2, 0) is 20.8 Å². The summed E-state index contributed by atoms with van der Waals surface area (Å²) < 4.78 is 0. The van der Waals surface area contributed by atoms with Gasteiger partial charge >= 0.3 is 11.9 Å². The third-order valence-electron chi connectivity index (χ3n) is 4.91. The maximum absolute atomic E-state index is 12.3. The summed E-state index contributed by atoms with van der Waals surface area (Å²) in [6.07, 6.45) is 2.19. The molecule has 1 aromatic carbocycles. The Kier molecular flexibility index (Phi) is 8.70. The van der Waals surface area contributed by atoms with Crippen molar-refractivity contribution in [3.8, 4) is 0 Å². The predicted molar refractivity (Wildman–Crippen MR) is 115 cm³/mol. The van der Waals surface area contributed by atoms with Gasteiger partial charge in [-0.25, -0.2) is 9.79 Å². The van der Waals surface area contributed by atoms with E-state index in [0.717, 1.165) is 11.1 Å². The topological polar surface area (TPSA) is 184 Å². The van der Waals surface area contributed by atoms with E-state index in [4.69, 9.17) is 15.9 Å². The zero-order valence-corrected chi connectivity index (χ0v) is 19.4. The number of carboxylic acid groups (broad SMARTS) is 2. The molecule has 2 aliphatic rings. The van der Waals surface area contributed by atoms with E-state index < -0.39 is 29.8 Å². The fourth-order valence-corrected chi connectivity index (χ4v) is 3.28. The third kappa shape index (κ3) is 6.25. The van der Waals surface area contributed by atoms with Gasteiger partial charge in [0.1, 0.15) is 17.8 Å². The zero-order valence-electron chi connectivity index (χ0n) is 17.4. The molecule has 0 saturated heterocycles. The molecule has 12 heteroatoms. The Morgan fingerprint density at radius 1 is 1.16 bits per heavy atom. The summed E-state index contributed by atoms with van der Waals surface area (Å²) in [6.45, 7) is 0. The van der Waals surface area contributed by atoms with Crippen LogP contribution < -0.4 is 16.4 Å². The second kappa shape index (κ2) is 11.0. The van der Waals surface area contributed by atoms with E-state index in [1.165, 1.54) is 0 Å². The number of nitrogens with two attached hydrogens (primary N) is 1. The number of benzene rings is 1. The Morgan fingerprint density at radius 3 is 2.47 bits per heavy atom. The van der Waals surface area contributed by atoms with Gasteiger partial charge in [0.25, 0.3) is 5.91 Å². The van der Waals surface area contributed by atoms with Crippen LogP contribution >= 0.6 is 0 Å². The number of guanidine groups is 1. The number of hydrogen-bond acceptors (Lipinski definition) is 7. The van der Waals surface area contributed by atoms with Gasteiger partial charge in [0.05, 0.1) is 0 Å². The molecule has 6 N–H and O–H groups in total. The normalized spacial score (nSPS) is 17.6. The number of aliphatic carboxylic acids is 2. The largest absolute Gasteiger partial charge is 0.481 e. The molecule has 2 aliphatic heterocycles. The molecule has 2 heterocycles. The van der Waals surface area contributed by atoms with Crippen LogP contribution in [0.4, 0.5) is 0 Å². The summed E-state index contributed by atoms with van der Waals surface area (Å²) in [7, 11) is 0. The van der Waals surface area contributed by atoms with E-state index in [1.807, 2.05) is 0 Å². The minimum Gasteiger partial charge on any atom is -0.481 e. The Hall–Kier alpha value is -3.02. The number of hydrogen-bond donors (Lipinski definition) is 5. The number of aryl methyl sites for hydroxylation is 1. The average Bonchev–Trinajstić information content (AvgIpc) is 3.12. The van der Waals surface area contributed by atoms with Crippen molar-refractivity contribution in [2.45, 2.75) is 31.7 Å². The molecule has 1 unspecified atom stereocenters. The van der Waals surface area contributed by atoms with Crippen LogP contribution in [0.5, 0.6) is 0 Å². The summed E-state index contributed by atoms with van der Waals surface area (Å²) >= 11 is 0. The number of nitrogens with one attached hydrogen (secondary N) is 2. The molecule has 3 rings (SSSR count). The number of carbonyl (C=O) groups excluding carboxylic acids is 2. The van der Waals surface area contributed by atoms with Crippen LogP contribution in [0.15, 0.2) is 46.0 Å². The summed E-state index contributed by atoms with van der Waals surface area (Å²) in [5.41, 5.74) is 7.51. The number of rotatable bonds is 9. The standard InChI is InChI=1S/C20H21N5O6.Na/c21-20-24-16-15(18(29)25-20)12(9-22-16)6-3-10-1-4-11(5-2-10)17(28)23-13(19(30)31)7-8-14(26)27;/h1-2,4-5,9,13,15H,3,6-8H2,(H,23,28)(H,26,27)(H,30,31)(H3,21,22,24,25,29);/t13-,15?;/m0./s1. The van der Waals surface area contributed by atoms with Gasteiger partial charge in [0.2, 0.25) is 11.9 Å². The number of amidine groups is 1. The van der Waals surface area contributed by atoms with Crippen molar-refractivity contribution < 1.29 is 29.4 Å². The van der Waals surface area contributed by atoms with E-state index in [0.29, 0.717) is 18.7 Å². The van der Waals surface area contributed by atoms with Gasteiger partial charge in [-0.1, -0.05) is 12.1 Å². The number of amides is 2. The van der Waals surface area contributed by atoms with Crippen molar-refractivity contribution in [2.24, 2.45) is 21.6 Å². The van der Waals surface area contributed by atoms with Crippen LogP contribution in [0.3, 0.4) is 0 Å². The van der Waals surface area contributed by atoms with Crippen molar-refractivity contribution in [1.29, 1.82) is 0 Å². The molecule has 1 aromatic rings. The smallest absolute Gasteiger partial charge is 0.326 e. The molecule has 0 spiro atoms. The number of aliphatic imine (C=N–C) groups is 2. The van der Waals surface area contributed by atoms with Crippen molar-refractivity contribution >= 4 is 65.1 Å². The molecule has 1 radical (unpaired) electrons. The average molecular weight is 450 g/mol. The third-order valence-corrected chi connectivity index (χ3v) is 4.91. The molecule has 0 aromatic heterocycles. The summed E-state index contributed by atoms with van der Waals surface area (Å²) in [5, 5.41) is 22.7. The minimum absolute atomic E-state index is 0. The number of fused-ring (bicyclic) bond motifs is 1. The minimum atomic E-state index is -1.30. The van der Waals surface area contributed by atoms with Crippen molar-refractivity contribution in [3.63, 3.8) is 0 Å². The zero-order chi connectivity index (χ0) is 22.5. The van der Waals surface area contributed by atoms with Gasteiger partial charge < -0.3 is 21.3 Å². The van der Waals surface area contributed by atoms with E-state index in [9.17, 15) is 19.2 Å². The molecule has 0 saturated carbocycles. The maximum Gasteiger partial charge on any atom is 0.326 e. The van der Waals surface area contributed by atoms with Gasteiger partial charge in [-0.2, -0.15) is 4.99 Å². The van der Waals surface area contributed by atoms with E-state index in [1.54, 1.807) is 30.5 Å². The Labute approximate surface area is 205 Å². The van der Waals surface area contributed by atoms with Crippen molar-refractivity contribution in [3.05, 3.63) is 47.2 Å². The number of carbonyl (C=O) groups is 4. The molecule has 0 bridgehead atoms. The van der Waals surface area contributed by atoms with Gasteiger partial charge in [0.15, 0.2) is 0 Å². The van der Waals surface area contributed by atoms with Crippen molar-refractivity contribution in [2.75, 3.05) is 0 Å². The quantitative estimate of drug-likeness (QED) is 0.318. The summed E-state index contributed by atoms with van der Waals surface area (Å²) in [4.78, 5) is 54.5. The molecule has 32 heavy (non-hydrogen) atoms. The molecular weight excluding hydrogens is 429 g/mol. The Bertz CT molecular complexity index is 1020. The monoisotopic (exact) mass is 450 g/mol. The first-order chi connectivity index (χ1) is 14.7.